The zero-order chi connectivity index (χ0) is 19.7. The highest BCUT2D eigenvalue weighted by molar-refractivity contribution is 6.04. The van der Waals surface area contributed by atoms with E-state index in [1.807, 2.05) is 6.92 Å². The maximum absolute atomic E-state index is 13.2. The molecule has 6 nitrogen and oxygen atoms in total. The van der Waals surface area contributed by atoms with Gasteiger partial charge in [0, 0.05) is 37.0 Å². The van der Waals surface area contributed by atoms with Gasteiger partial charge >= 0.3 is 0 Å². The van der Waals surface area contributed by atoms with Crippen LogP contribution in [0.4, 0.5) is 15.8 Å². The lowest BCUT2D eigenvalue weighted by Crippen LogP contribution is -2.37. The summed E-state index contributed by atoms with van der Waals surface area (Å²) in [7, 11) is 0. The summed E-state index contributed by atoms with van der Waals surface area (Å²) in [6.07, 6.45) is 0.144. The van der Waals surface area contributed by atoms with Crippen molar-refractivity contribution in [3.05, 3.63) is 48.3 Å². The molecule has 2 aromatic carbocycles. The molecule has 28 heavy (non-hydrogen) atoms. The van der Waals surface area contributed by atoms with E-state index in [1.165, 1.54) is 12.1 Å². The van der Waals surface area contributed by atoms with Crippen molar-refractivity contribution in [1.29, 1.82) is 0 Å². The van der Waals surface area contributed by atoms with Crippen LogP contribution < -0.4 is 19.3 Å². The van der Waals surface area contributed by atoms with Gasteiger partial charge in [-0.1, -0.05) is 0 Å². The van der Waals surface area contributed by atoms with E-state index in [1.54, 1.807) is 40.1 Å². The first kappa shape index (κ1) is 18.3. The summed E-state index contributed by atoms with van der Waals surface area (Å²) in [4.78, 5) is 28.8. The average molecular weight is 384 g/mol. The monoisotopic (exact) mass is 384 g/mol. The minimum absolute atomic E-state index is 0.106. The Hall–Kier alpha value is -3.09. The number of fused-ring (bicyclic) bond motifs is 1. The highest BCUT2D eigenvalue weighted by Gasteiger charge is 2.37. The summed E-state index contributed by atoms with van der Waals surface area (Å²) >= 11 is 0. The normalized spacial score (nSPS) is 18.3. The standard InChI is InChI=1S/C21H21FN2O4/c1-2-23(16-5-3-15(22)4-6-16)21(26)14-11-20(25)24(13-14)17-7-8-18-19(12-17)28-10-9-27-18/h3-8,12,14H,2,9-11,13H2,1H3. The third kappa shape index (κ3) is 3.40. The predicted octanol–water partition coefficient (Wildman–Crippen LogP) is 3.00. The van der Waals surface area contributed by atoms with Crippen LogP contribution >= 0.6 is 0 Å². The highest BCUT2D eigenvalue weighted by Crippen LogP contribution is 2.36. The number of rotatable bonds is 4. The van der Waals surface area contributed by atoms with Gasteiger partial charge in [-0.25, -0.2) is 4.39 Å². The van der Waals surface area contributed by atoms with Gasteiger partial charge in [0.05, 0.1) is 5.92 Å². The van der Waals surface area contributed by atoms with Gasteiger partial charge in [0.25, 0.3) is 0 Å². The van der Waals surface area contributed by atoms with E-state index < -0.39 is 5.92 Å². The lowest BCUT2D eigenvalue weighted by molar-refractivity contribution is -0.124. The fourth-order valence-electron chi connectivity index (χ4n) is 3.63. The van der Waals surface area contributed by atoms with E-state index in [2.05, 4.69) is 0 Å². The Kier molecular flexibility index (Phi) is 4.90. The van der Waals surface area contributed by atoms with Crippen molar-refractivity contribution < 1.29 is 23.5 Å². The molecule has 4 rings (SSSR count). The first-order valence-corrected chi connectivity index (χ1v) is 9.33. The number of halogens is 1. The average Bonchev–Trinajstić information content (AvgIpc) is 3.11. The summed E-state index contributed by atoms with van der Waals surface area (Å²) in [6, 6.07) is 11.2. The minimum atomic E-state index is -0.453. The number of benzene rings is 2. The lowest BCUT2D eigenvalue weighted by atomic mass is 10.1. The zero-order valence-corrected chi connectivity index (χ0v) is 15.6. The second-order valence-electron chi connectivity index (χ2n) is 6.79. The molecule has 0 bridgehead atoms. The molecule has 0 aromatic heterocycles. The smallest absolute Gasteiger partial charge is 0.232 e. The molecule has 1 saturated heterocycles. The second kappa shape index (κ2) is 7.50. The molecule has 0 N–H and O–H groups in total. The summed E-state index contributed by atoms with van der Waals surface area (Å²) in [5.74, 6) is 0.210. The maximum Gasteiger partial charge on any atom is 0.232 e. The van der Waals surface area contributed by atoms with Crippen LogP contribution in [0.5, 0.6) is 11.5 Å². The molecule has 0 aliphatic carbocycles. The van der Waals surface area contributed by atoms with Crippen molar-refractivity contribution in [2.24, 2.45) is 5.92 Å². The molecule has 2 amide bonds. The fraction of sp³-hybridized carbons (Fsp3) is 0.333. The highest BCUT2D eigenvalue weighted by atomic mass is 19.1. The number of anilines is 2. The number of hydrogen-bond donors (Lipinski definition) is 0. The Bertz CT molecular complexity index is 900. The Balaban J connectivity index is 1.52. The molecule has 2 aromatic rings. The van der Waals surface area contributed by atoms with Crippen LogP contribution in [0.15, 0.2) is 42.5 Å². The van der Waals surface area contributed by atoms with Gasteiger partial charge < -0.3 is 19.3 Å². The maximum atomic E-state index is 13.2. The summed E-state index contributed by atoms with van der Waals surface area (Å²) in [6.45, 7) is 3.57. The number of amides is 2. The van der Waals surface area contributed by atoms with E-state index in [-0.39, 0.29) is 24.1 Å². The van der Waals surface area contributed by atoms with Gasteiger partial charge in [0.2, 0.25) is 11.8 Å². The number of carbonyl (C=O) groups excluding carboxylic acids is 2. The number of carbonyl (C=O) groups is 2. The van der Waals surface area contributed by atoms with Crippen molar-refractivity contribution >= 4 is 23.2 Å². The van der Waals surface area contributed by atoms with Crippen molar-refractivity contribution in [2.75, 3.05) is 36.1 Å². The SMILES string of the molecule is CCN(C(=O)C1CC(=O)N(c2ccc3c(c2)OCCO3)C1)c1ccc(F)cc1. The van der Waals surface area contributed by atoms with Crippen LogP contribution in [-0.2, 0) is 9.59 Å². The predicted molar refractivity (Wildman–Crippen MR) is 102 cm³/mol. The largest absolute Gasteiger partial charge is 0.486 e. The minimum Gasteiger partial charge on any atom is -0.486 e. The molecule has 0 radical (unpaired) electrons. The van der Waals surface area contributed by atoms with E-state index in [0.717, 1.165) is 0 Å². The molecule has 2 heterocycles. The van der Waals surface area contributed by atoms with Crippen molar-refractivity contribution in [1.82, 2.24) is 0 Å². The zero-order valence-electron chi connectivity index (χ0n) is 15.6. The van der Waals surface area contributed by atoms with Gasteiger partial charge in [-0.2, -0.15) is 0 Å². The van der Waals surface area contributed by atoms with Crippen LogP contribution in [-0.4, -0.2) is 38.1 Å². The van der Waals surface area contributed by atoms with Gasteiger partial charge in [-0.3, -0.25) is 9.59 Å². The van der Waals surface area contributed by atoms with Crippen LogP contribution in [0.25, 0.3) is 0 Å². The van der Waals surface area contributed by atoms with Crippen molar-refractivity contribution in [2.45, 2.75) is 13.3 Å². The van der Waals surface area contributed by atoms with E-state index in [9.17, 15) is 14.0 Å². The van der Waals surface area contributed by atoms with Crippen LogP contribution in [0.1, 0.15) is 13.3 Å². The molecule has 2 aliphatic heterocycles. The number of hydrogen-bond acceptors (Lipinski definition) is 4. The van der Waals surface area contributed by atoms with E-state index >= 15 is 0 Å². The van der Waals surface area contributed by atoms with Gasteiger partial charge in [0.1, 0.15) is 19.0 Å². The second-order valence-corrected chi connectivity index (χ2v) is 6.79. The van der Waals surface area contributed by atoms with Gasteiger partial charge in [-0.15, -0.1) is 0 Å². The Labute approximate surface area is 162 Å². The molecule has 1 fully saturated rings. The fourth-order valence-corrected chi connectivity index (χ4v) is 3.63. The van der Waals surface area contributed by atoms with Crippen LogP contribution in [0.3, 0.4) is 0 Å². The number of ether oxygens (including phenoxy) is 2. The molecule has 7 heteroatoms. The summed E-state index contributed by atoms with van der Waals surface area (Å²) in [5.41, 5.74) is 1.31. The number of nitrogens with zero attached hydrogens (tertiary/aromatic N) is 2. The molecule has 1 unspecified atom stereocenters. The molecule has 1 atom stereocenters. The summed E-state index contributed by atoms with van der Waals surface area (Å²) in [5, 5.41) is 0. The molecular formula is C21H21FN2O4. The van der Waals surface area contributed by atoms with Gasteiger partial charge in [-0.05, 0) is 43.3 Å². The first-order chi connectivity index (χ1) is 13.6. The van der Waals surface area contributed by atoms with Crippen molar-refractivity contribution in [3.8, 4) is 11.5 Å². The Morgan fingerprint density at radius 3 is 2.57 bits per heavy atom. The lowest BCUT2D eigenvalue weighted by Gasteiger charge is -2.25. The van der Waals surface area contributed by atoms with Crippen LogP contribution in [0, 0.1) is 11.7 Å². The molecule has 0 saturated carbocycles. The third-order valence-electron chi connectivity index (χ3n) is 5.03. The Morgan fingerprint density at radius 2 is 1.86 bits per heavy atom. The molecule has 2 aliphatic rings. The van der Waals surface area contributed by atoms with Crippen LogP contribution in [0.2, 0.25) is 0 Å². The van der Waals surface area contributed by atoms with Gasteiger partial charge in [0.15, 0.2) is 11.5 Å². The summed E-state index contributed by atoms with van der Waals surface area (Å²) < 4.78 is 24.3. The Morgan fingerprint density at radius 1 is 1.14 bits per heavy atom. The molecular weight excluding hydrogens is 363 g/mol. The molecule has 146 valence electrons. The van der Waals surface area contributed by atoms with E-state index in [4.69, 9.17) is 9.47 Å². The quantitative estimate of drug-likeness (QED) is 0.813. The first-order valence-electron chi connectivity index (χ1n) is 9.33. The van der Waals surface area contributed by atoms with Crippen molar-refractivity contribution in [3.63, 3.8) is 0 Å². The topological polar surface area (TPSA) is 59.1 Å². The van der Waals surface area contributed by atoms with E-state index in [0.29, 0.717) is 49.2 Å². The third-order valence-corrected chi connectivity index (χ3v) is 5.03. The molecule has 0 spiro atoms.